The lowest BCUT2D eigenvalue weighted by Gasteiger charge is -2.28. The summed E-state index contributed by atoms with van der Waals surface area (Å²) in [5.74, 6) is 2.49. The molecule has 0 amide bonds. The molecule has 2 N–H and O–H groups in total. The minimum atomic E-state index is -0.0775. The molecule has 4 nitrogen and oxygen atoms in total. The van der Waals surface area contributed by atoms with Crippen molar-refractivity contribution in [3.8, 4) is 11.5 Å². The maximum Gasteiger partial charge on any atom is 0.123 e. The Bertz CT molecular complexity index is 446. The molecule has 4 heteroatoms. The van der Waals surface area contributed by atoms with Crippen LogP contribution in [-0.4, -0.2) is 38.8 Å². The van der Waals surface area contributed by atoms with Gasteiger partial charge in [-0.05, 0) is 50.9 Å². The summed E-state index contributed by atoms with van der Waals surface area (Å²) in [5.41, 5.74) is 7.38. The molecule has 0 aromatic heterocycles. The van der Waals surface area contributed by atoms with E-state index in [9.17, 15) is 0 Å². The average Bonchev–Trinajstić information content (AvgIpc) is 3.30. The lowest BCUT2D eigenvalue weighted by molar-refractivity contribution is 0.220. The van der Waals surface area contributed by atoms with E-state index < -0.39 is 0 Å². The van der Waals surface area contributed by atoms with Crippen LogP contribution in [-0.2, 0) is 0 Å². The van der Waals surface area contributed by atoms with Crippen LogP contribution >= 0.6 is 0 Å². The lowest BCUT2D eigenvalue weighted by Crippen LogP contribution is -2.36. The van der Waals surface area contributed by atoms with E-state index in [4.69, 9.17) is 15.2 Å². The molecule has 0 spiro atoms. The van der Waals surface area contributed by atoms with Gasteiger partial charge in [0.15, 0.2) is 0 Å². The van der Waals surface area contributed by atoms with Gasteiger partial charge in [0.25, 0.3) is 0 Å². The van der Waals surface area contributed by atoms with Crippen LogP contribution in [0.15, 0.2) is 18.2 Å². The van der Waals surface area contributed by atoms with Crippen molar-refractivity contribution in [1.29, 1.82) is 0 Å². The van der Waals surface area contributed by atoms with Crippen LogP contribution in [0.25, 0.3) is 0 Å². The summed E-state index contributed by atoms with van der Waals surface area (Å²) in [7, 11) is 5.49. The van der Waals surface area contributed by atoms with Gasteiger partial charge >= 0.3 is 0 Å². The monoisotopic (exact) mass is 278 g/mol. The quantitative estimate of drug-likeness (QED) is 0.832. The van der Waals surface area contributed by atoms with Crippen LogP contribution < -0.4 is 15.2 Å². The smallest absolute Gasteiger partial charge is 0.123 e. The van der Waals surface area contributed by atoms with Crippen LogP contribution in [0.4, 0.5) is 0 Å². The second-order valence-electron chi connectivity index (χ2n) is 5.73. The van der Waals surface area contributed by atoms with Crippen LogP contribution in [0.3, 0.4) is 0 Å². The van der Waals surface area contributed by atoms with E-state index in [1.807, 2.05) is 18.2 Å². The molecule has 0 radical (unpaired) electrons. The Morgan fingerprint density at radius 3 is 2.55 bits per heavy atom. The molecule has 2 unspecified atom stereocenters. The van der Waals surface area contributed by atoms with E-state index in [0.717, 1.165) is 29.5 Å². The number of methoxy groups -OCH3 is 2. The van der Waals surface area contributed by atoms with Crippen molar-refractivity contribution < 1.29 is 9.47 Å². The van der Waals surface area contributed by atoms with E-state index in [0.29, 0.717) is 6.04 Å². The molecule has 1 aromatic rings. The fraction of sp³-hybridized carbons (Fsp3) is 0.625. The molecule has 1 saturated carbocycles. The first kappa shape index (κ1) is 15.1. The van der Waals surface area contributed by atoms with Gasteiger partial charge in [-0.15, -0.1) is 0 Å². The first-order valence-corrected chi connectivity index (χ1v) is 7.24. The average molecular weight is 278 g/mol. The van der Waals surface area contributed by atoms with E-state index in [1.165, 1.54) is 12.8 Å². The highest BCUT2D eigenvalue weighted by Gasteiger charge is 2.31. The number of nitrogens with zero attached hydrogens (tertiary/aromatic N) is 1. The number of rotatable bonds is 7. The maximum absolute atomic E-state index is 6.38. The normalized spacial score (nSPS) is 17.9. The van der Waals surface area contributed by atoms with Crippen molar-refractivity contribution in [2.75, 3.05) is 27.8 Å². The van der Waals surface area contributed by atoms with E-state index in [2.05, 4.69) is 18.9 Å². The third kappa shape index (κ3) is 3.44. The second kappa shape index (κ2) is 6.46. The summed E-state index contributed by atoms with van der Waals surface area (Å²) < 4.78 is 10.7. The molecule has 2 atom stereocenters. The zero-order valence-corrected chi connectivity index (χ0v) is 12.9. The van der Waals surface area contributed by atoms with Crippen LogP contribution in [0.1, 0.15) is 31.4 Å². The number of benzene rings is 1. The Morgan fingerprint density at radius 2 is 2.00 bits per heavy atom. The fourth-order valence-electron chi connectivity index (χ4n) is 2.64. The molecular weight excluding hydrogens is 252 g/mol. The third-order valence-electron chi connectivity index (χ3n) is 4.32. The standard InChI is InChI=1S/C16H26N2O2/c1-11(12-5-6-12)18(2)10-15(17)14-9-13(19-3)7-8-16(14)20-4/h7-9,11-12,15H,5-6,10,17H2,1-4H3. The number of likely N-dealkylation sites (N-methyl/N-ethyl adjacent to an activating group) is 1. The summed E-state index contributed by atoms with van der Waals surface area (Å²) in [4.78, 5) is 2.35. The number of nitrogens with two attached hydrogens (primary N) is 1. The summed E-state index contributed by atoms with van der Waals surface area (Å²) in [6.07, 6.45) is 2.70. The van der Waals surface area contributed by atoms with Crippen molar-refractivity contribution in [3.63, 3.8) is 0 Å². The van der Waals surface area contributed by atoms with Gasteiger partial charge in [0.05, 0.1) is 14.2 Å². The van der Waals surface area contributed by atoms with Crippen LogP contribution in [0.5, 0.6) is 11.5 Å². The van der Waals surface area contributed by atoms with E-state index in [1.54, 1.807) is 14.2 Å². The molecule has 1 aliphatic rings. The number of hydrogen-bond donors (Lipinski definition) is 1. The Kier molecular flexibility index (Phi) is 4.89. The van der Waals surface area contributed by atoms with Gasteiger partial charge in [-0.25, -0.2) is 0 Å². The summed E-state index contributed by atoms with van der Waals surface area (Å²) in [5, 5.41) is 0. The van der Waals surface area contributed by atoms with Gasteiger partial charge in [-0.1, -0.05) is 0 Å². The molecule has 0 heterocycles. The van der Waals surface area contributed by atoms with Crippen LogP contribution in [0, 0.1) is 5.92 Å². The minimum Gasteiger partial charge on any atom is -0.497 e. The van der Waals surface area contributed by atoms with Crippen molar-refractivity contribution in [2.24, 2.45) is 11.7 Å². The van der Waals surface area contributed by atoms with E-state index >= 15 is 0 Å². The molecule has 20 heavy (non-hydrogen) atoms. The summed E-state index contributed by atoms with van der Waals surface area (Å²) in [6, 6.07) is 6.30. The van der Waals surface area contributed by atoms with Crippen LogP contribution in [0.2, 0.25) is 0 Å². The SMILES string of the molecule is COc1ccc(OC)c(C(N)CN(C)C(C)C2CC2)c1. The highest BCUT2D eigenvalue weighted by Crippen LogP contribution is 2.35. The van der Waals surface area contributed by atoms with Crippen molar-refractivity contribution in [2.45, 2.75) is 31.8 Å². The van der Waals surface area contributed by atoms with Crippen molar-refractivity contribution in [3.05, 3.63) is 23.8 Å². The maximum atomic E-state index is 6.38. The molecule has 112 valence electrons. The van der Waals surface area contributed by atoms with Crippen molar-refractivity contribution >= 4 is 0 Å². The zero-order chi connectivity index (χ0) is 14.7. The summed E-state index contributed by atoms with van der Waals surface area (Å²) >= 11 is 0. The predicted octanol–water partition coefficient (Wildman–Crippen LogP) is 2.43. The fourth-order valence-corrected chi connectivity index (χ4v) is 2.64. The van der Waals surface area contributed by atoms with Gasteiger partial charge in [0, 0.05) is 24.2 Å². The molecule has 1 aliphatic carbocycles. The Hall–Kier alpha value is -1.26. The molecule has 1 fully saturated rings. The van der Waals surface area contributed by atoms with Gasteiger partial charge in [0.1, 0.15) is 11.5 Å². The van der Waals surface area contributed by atoms with E-state index in [-0.39, 0.29) is 6.04 Å². The first-order valence-electron chi connectivity index (χ1n) is 7.24. The highest BCUT2D eigenvalue weighted by atomic mass is 16.5. The largest absolute Gasteiger partial charge is 0.497 e. The van der Waals surface area contributed by atoms with Gasteiger partial charge in [0.2, 0.25) is 0 Å². The zero-order valence-electron chi connectivity index (χ0n) is 12.9. The molecule has 1 aromatic carbocycles. The molecule has 0 bridgehead atoms. The lowest BCUT2D eigenvalue weighted by atomic mass is 10.0. The third-order valence-corrected chi connectivity index (χ3v) is 4.32. The molecule has 2 rings (SSSR count). The molecule has 0 saturated heterocycles. The Balaban J connectivity index is 2.08. The molecular formula is C16H26N2O2. The first-order chi connectivity index (χ1) is 9.56. The van der Waals surface area contributed by atoms with Gasteiger partial charge in [-0.2, -0.15) is 0 Å². The van der Waals surface area contributed by atoms with Gasteiger partial charge in [-0.3, -0.25) is 0 Å². The highest BCUT2D eigenvalue weighted by molar-refractivity contribution is 5.42. The number of hydrogen-bond acceptors (Lipinski definition) is 4. The topological polar surface area (TPSA) is 47.7 Å². The molecule has 0 aliphatic heterocycles. The summed E-state index contributed by atoms with van der Waals surface area (Å²) in [6.45, 7) is 3.11. The number of ether oxygens (including phenoxy) is 2. The predicted molar refractivity (Wildman–Crippen MR) is 81.3 cm³/mol. The Morgan fingerprint density at radius 1 is 1.30 bits per heavy atom. The minimum absolute atomic E-state index is 0.0775. The Labute approximate surface area is 121 Å². The van der Waals surface area contributed by atoms with Gasteiger partial charge < -0.3 is 20.1 Å². The second-order valence-corrected chi connectivity index (χ2v) is 5.73. The van der Waals surface area contributed by atoms with Crippen molar-refractivity contribution in [1.82, 2.24) is 4.90 Å².